The predicted octanol–water partition coefficient (Wildman–Crippen LogP) is -0.671. The molecule has 6 unspecified atom stereocenters. The summed E-state index contributed by atoms with van der Waals surface area (Å²) in [4.78, 5) is 85.8. The number of H-pyrrole nitrogens is 1. The highest BCUT2D eigenvalue weighted by Gasteiger charge is 2.39. The summed E-state index contributed by atoms with van der Waals surface area (Å²) in [6.45, 7) is 6.77. The summed E-state index contributed by atoms with van der Waals surface area (Å²) in [7, 11) is 0. The lowest BCUT2D eigenvalue weighted by molar-refractivity contribution is -0.143. The molecule has 48 heavy (non-hydrogen) atoms. The van der Waals surface area contributed by atoms with E-state index in [1.54, 1.807) is 12.1 Å². The molecule has 1 fully saturated rings. The van der Waals surface area contributed by atoms with Gasteiger partial charge >= 0.3 is 5.97 Å². The fraction of sp³-hybridized carbons (Fsp3) is 0.531. The summed E-state index contributed by atoms with van der Waals surface area (Å²) in [6.07, 6.45) is 4.14. The standard InChI is InChI=1S/C32H46N8O8/c1-17(2)12-25(39-27(42)18(3)36-28(43)23(33)13-20-7-9-22(41)10-8-20)31(46)40-11-5-6-26(40)30(45)38-24(14-21-15-34-16-35-21)29(44)37-19(4)32(47)48/h7-10,15-19,23-26,41H,5-6,11-14,33H2,1-4H3,(H,34,35)(H,36,43)(H,37,44)(H,38,45)(H,39,42)(H,47,48). The molecule has 16 heteroatoms. The molecule has 0 saturated carbocycles. The number of rotatable bonds is 16. The van der Waals surface area contributed by atoms with Crippen molar-refractivity contribution in [3.05, 3.63) is 48.0 Å². The molecule has 6 atom stereocenters. The van der Waals surface area contributed by atoms with Crippen LogP contribution < -0.4 is 27.0 Å². The van der Waals surface area contributed by atoms with Gasteiger partial charge < -0.3 is 47.1 Å². The number of phenols is 1. The number of benzene rings is 1. The number of phenolic OH excluding ortho intramolecular Hbond substituents is 1. The lowest BCUT2D eigenvalue weighted by atomic mass is 10.0. The van der Waals surface area contributed by atoms with Crippen LogP contribution in [0, 0.1) is 5.92 Å². The minimum absolute atomic E-state index is 0.00117. The zero-order valence-electron chi connectivity index (χ0n) is 27.6. The lowest BCUT2D eigenvalue weighted by Gasteiger charge is -2.31. The van der Waals surface area contributed by atoms with Gasteiger partial charge in [0.1, 0.15) is 36.0 Å². The van der Waals surface area contributed by atoms with Crippen molar-refractivity contribution in [2.45, 2.75) is 96.1 Å². The van der Waals surface area contributed by atoms with Crippen LogP contribution in [0.15, 0.2) is 36.8 Å². The molecule has 0 spiro atoms. The summed E-state index contributed by atoms with van der Waals surface area (Å²) < 4.78 is 0. The molecular weight excluding hydrogens is 624 g/mol. The van der Waals surface area contributed by atoms with Gasteiger partial charge in [-0.2, -0.15) is 0 Å². The average molecular weight is 671 g/mol. The molecule has 0 aliphatic carbocycles. The third-order valence-corrected chi connectivity index (χ3v) is 7.98. The first-order valence-corrected chi connectivity index (χ1v) is 15.9. The summed E-state index contributed by atoms with van der Waals surface area (Å²) in [5, 5.41) is 29.0. The van der Waals surface area contributed by atoms with Crippen LogP contribution in [0.25, 0.3) is 0 Å². The highest BCUT2D eigenvalue weighted by molar-refractivity contribution is 5.96. The number of carboxylic acid groups (broad SMARTS) is 1. The summed E-state index contributed by atoms with van der Waals surface area (Å²) in [5.41, 5.74) is 7.30. The molecule has 9 N–H and O–H groups in total. The van der Waals surface area contributed by atoms with Crippen molar-refractivity contribution >= 4 is 35.5 Å². The average Bonchev–Trinajstić information content (AvgIpc) is 3.73. The van der Waals surface area contributed by atoms with E-state index in [0.717, 1.165) is 5.56 Å². The molecule has 1 saturated heterocycles. The number of carboxylic acids is 1. The highest BCUT2D eigenvalue weighted by atomic mass is 16.4. The Morgan fingerprint density at radius 1 is 0.917 bits per heavy atom. The van der Waals surface area contributed by atoms with E-state index in [1.807, 2.05) is 13.8 Å². The minimum Gasteiger partial charge on any atom is -0.508 e. The van der Waals surface area contributed by atoms with Gasteiger partial charge in [0.25, 0.3) is 0 Å². The molecule has 262 valence electrons. The number of nitrogens with two attached hydrogens (primary N) is 1. The number of aliphatic carboxylic acids is 1. The number of carbonyl (C=O) groups excluding carboxylic acids is 5. The van der Waals surface area contributed by atoms with Crippen LogP contribution in [0.1, 0.15) is 58.2 Å². The number of amides is 5. The second-order valence-corrected chi connectivity index (χ2v) is 12.5. The molecule has 1 aliphatic rings. The molecule has 0 radical (unpaired) electrons. The zero-order chi connectivity index (χ0) is 35.5. The Kier molecular flexibility index (Phi) is 13.5. The number of likely N-dealkylation sites (tertiary alicyclic amines) is 1. The minimum atomic E-state index is -1.24. The van der Waals surface area contributed by atoms with Gasteiger partial charge in [-0.15, -0.1) is 0 Å². The zero-order valence-corrected chi connectivity index (χ0v) is 27.6. The van der Waals surface area contributed by atoms with E-state index in [1.165, 1.54) is 43.4 Å². The monoisotopic (exact) mass is 670 g/mol. The Hall–Kier alpha value is -4.99. The number of nitrogens with zero attached hydrogens (tertiary/aromatic N) is 2. The number of aromatic nitrogens is 2. The van der Waals surface area contributed by atoms with Gasteiger partial charge in [0.2, 0.25) is 29.5 Å². The number of nitrogens with one attached hydrogen (secondary N) is 5. The van der Waals surface area contributed by atoms with Gasteiger partial charge in [0, 0.05) is 24.9 Å². The van der Waals surface area contributed by atoms with Gasteiger partial charge in [0.05, 0.1) is 12.4 Å². The van der Waals surface area contributed by atoms with E-state index >= 15 is 0 Å². The first-order chi connectivity index (χ1) is 22.7. The predicted molar refractivity (Wildman–Crippen MR) is 173 cm³/mol. The van der Waals surface area contributed by atoms with Crippen molar-refractivity contribution in [2.75, 3.05) is 6.54 Å². The SMILES string of the molecule is CC(C)CC(NC(=O)C(C)NC(=O)C(N)Cc1ccc(O)cc1)C(=O)N1CCCC1C(=O)NC(Cc1cnc[nH]1)C(=O)NC(C)C(=O)O. The Labute approximate surface area is 278 Å². The number of aromatic hydroxyl groups is 1. The smallest absolute Gasteiger partial charge is 0.325 e. The van der Waals surface area contributed by atoms with Crippen molar-refractivity contribution in [2.24, 2.45) is 11.7 Å². The van der Waals surface area contributed by atoms with Crippen molar-refractivity contribution in [1.82, 2.24) is 36.1 Å². The fourth-order valence-electron chi connectivity index (χ4n) is 5.33. The van der Waals surface area contributed by atoms with Gasteiger partial charge in [-0.3, -0.25) is 28.8 Å². The summed E-state index contributed by atoms with van der Waals surface area (Å²) in [6, 6.07) is -0.0530. The van der Waals surface area contributed by atoms with Gasteiger partial charge in [-0.05, 0) is 63.1 Å². The number of hydrogen-bond donors (Lipinski definition) is 8. The van der Waals surface area contributed by atoms with E-state index < -0.39 is 71.8 Å². The van der Waals surface area contributed by atoms with Gasteiger partial charge in [-0.1, -0.05) is 26.0 Å². The van der Waals surface area contributed by atoms with Crippen LogP contribution >= 0.6 is 0 Å². The quantitative estimate of drug-likeness (QED) is 0.112. The molecule has 3 rings (SSSR count). The maximum Gasteiger partial charge on any atom is 0.325 e. The molecule has 5 amide bonds. The first kappa shape index (κ1) is 37.5. The van der Waals surface area contributed by atoms with Crippen molar-refractivity contribution in [3.8, 4) is 5.75 Å². The number of hydrogen-bond acceptors (Lipinski definition) is 9. The first-order valence-electron chi connectivity index (χ1n) is 15.9. The van der Waals surface area contributed by atoms with Crippen LogP contribution in [0.5, 0.6) is 5.75 Å². The van der Waals surface area contributed by atoms with E-state index in [9.17, 15) is 39.0 Å². The van der Waals surface area contributed by atoms with Gasteiger partial charge in [-0.25, -0.2) is 4.98 Å². The lowest BCUT2D eigenvalue weighted by Crippen LogP contribution is -2.59. The highest BCUT2D eigenvalue weighted by Crippen LogP contribution is 2.21. The molecule has 16 nitrogen and oxygen atoms in total. The maximum absolute atomic E-state index is 13.9. The van der Waals surface area contributed by atoms with Crippen molar-refractivity contribution in [3.63, 3.8) is 0 Å². The third-order valence-electron chi connectivity index (χ3n) is 7.98. The summed E-state index contributed by atoms with van der Waals surface area (Å²) in [5.74, 6) is -4.15. The topological polar surface area (TPSA) is 249 Å². The second-order valence-electron chi connectivity index (χ2n) is 12.5. The molecule has 0 bridgehead atoms. The van der Waals surface area contributed by atoms with E-state index in [4.69, 9.17) is 5.73 Å². The van der Waals surface area contributed by atoms with Crippen molar-refractivity contribution < 1.29 is 39.0 Å². The Balaban J connectivity index is 1.67. The van der Waals surface area contributed by atoms with Crippen molar-refractivity contribution in [1.29, 1.82) is 0 Å². The summed E-state index contributed by atoms with van der Waals surface area (Å²) >= 11 is 0. The molecule has 1 aromatic heterocycles. The Morgan fingerprint density at radius 2 is 1.58 bits per heavy atom. The Morgan fingerprint density at radius 3 is 2.19 bits per heavy atom. The molecular formula is C32H46N8O8. The van der Waals surface area contributed by atoms with Crippen LogP contribution in [-0.4, -0.2) is 103 Å². The number of carbonyl (C=O) groups is 6. The number of aromatic amines is 1. The Bertz CT molecular complexity index is 1430. The molecule has 2 heterocycles. The van der Waals surface area contributed by atoms with E-state index in [0.29, 0.717) is 18.5 Å². The number of imidazole rings is 1. The molecule has 2 aromatic rings. The maximum atomic E-state index is 13.9. The van der Waals surface area contributed by atoms with E-state index in [-0.39, 0.29) is 37.5 Å². The van der Waals surface area contributed by atoms with Crippen LogP contribution in [0.2, 0.25) is 0 Å². The molecule has 1 aliphatic heterocycles. The fourth-order valence-corrected chi connectivity index (χ4v) is 5.33. The second kappa shape index (κ2) is 17.2. The molecule has 1 aromatic carbocycles. The van der Waals surface area contributed by atoms with Crippen LogP contribution in [-0.2, 0) is 41.6 Å². The largest absolute Gasteiger partial charge is 0.508 e. The van der Waals surface area contributed by atoms with Crippen LogP contribution in [0.3, 0.4) is 0 Å². The van der Waals surface area contributed by atoms with E-state index in [2.05, 4.69) is 31.2 Å². The normalized spacial score (nSPS) is 17.5. The van der Waals surface area contributed by atoms with Gasteiger partial charge in [0.15, 0.2) is 0 Å². The third kappa shape index (κ3) is 10.8. The van der Waals surface area contributed by atoms with Crippen LogP contribution in [0.4, 0.5) is 0 Å².